The van der Waals surface area contributed by atoms with Crippen molar-refractivity contribution < 1.29 is 14.6 Å². The third kappa shape index (κ3) is 3.65. The molecule has 0 fully saturated rings. The van der Waals surface area contributed by atoms with Gasteiger partial charge in [0.05, 0.1) is 25.0 Å². The summed E-state index contributed by atoms with van der Waals surface area (Å²) in [5, 5.41) is 31.2. The van der Waals surface area contributed by atoms with Crippen LogP contribution in [0.15, 0.2) is 59.2 Å². The molecule has 0 radical (unpaired) electrons. The van der Waals surface area contributed by atoms with E-state index in [0.29, 0.717) is 17.3 Å². The number of carbonyl (C=O) groups is 1. The zero-order chi connectivity index (χ0) is 22.2. The SMILES string of the molecule is COc1ccccc1NC(=O)C1C(c2ccc(Br)cc2)Nc2c(C#N)cnn2C1(C)O. The van der Waals surface area contributed by atoms with Crippen LogP contribution < -0.4 is 15.4 Å². The summed E-state index contributed by atoms with van der Waals surface area (Å²) in [5.74, 6) is -0.528. The smallest absolute Gasteiger partial charge is 0.234 e. The van der Waals surface area contributed by atoms with Crippen molar-refractivity contribution in [2.75, 3.05) is 17.7 Å². The van der Waals surface area contributed by atoms with Crippen LogP contribution in [0.2, 0.25) is 0 Å². The standard InChI is InChI=1S/C22H20BrN5O3/c1-22(30)18(21(29)26-16-5-3-4-6-17(16)31-2)19(13-7-9-15(23)10-8-13)27-20-14(11-24)12-25-28(20)22/h3-10,12,18-19,27,30H,1-2H3,(H,26,29). The Kier molecular flexibility index (Phi) is 5.43. The second-order valence-electron chi connectivity index (χ2n) is 7.37. The van der Waals surface area contributed by atoms with Gasteiger partial charge in [0.2, 0.25) is 5.91 Å². The number of hydrogen-bond donors (Lipinski definition) is 3. The number of nitrogens with one attached hydrogen (secondary N) is 2. The highest BCUT2D eigenvalue weighted by Crippen LogP contribution is 2.44. The Morgan fingerprint density at radius 2 is 2.03 bits per heavy atom. The van der Waals surface area contributed by atoms with Gasteiger partial charge in [-0.2, -0.15) is 10.4 Å². The largest absolute Gasteiger partial charge is 0.495 e. The van der Waals surface area contributed by atoms with Crippen LogP contribution in [0, 0.1) is 17.2 Å². The van der Waals surface area contributed by atoms with Crippen molar-refractivity contribution in [1.82, 2.24) is 9.78 Å². The van der Waals surface area contributed by atoms with E-state index in [1.807, 2.05) is 24.3 Å². The number of anilines is 2. The van der Waals surface area contributed by atoms with Gasteiger partial charge in [-0.15, -0.1) is 0 Å². The number of halogens is 1. The van der Waals surface area contributed by atoms with E-state index in [0.717, 1.165) is 10.0 Å². The fraction of sp³-hybridized carbons (Fsp3) is 0.227. The number of nitrogens with zero attached hydrogens (tertiary/aromatic N) is 3. The van der Waals surface area contributed by atoms with Gasteiger partial charge in [-0.25, -0.2) is 4.68 Å². The van der Waals surface area contributed by atoms with Crippen molar-refractivity contribution in [3.05, 3.63) is 70.3 Å². The molecular formula is C22H20BrN5O3. The lowest BCUT2D eigenvalue weighted by molar-refractivity contribution is -0.143. The molecule has 3 aromatic rings. The molecule has 8 nitrogen and oxygen atoms in total. The summed E-state index contributed by atoms with van der Waals surface area (Å²) in [4.78, 5) is 13.5. The molecule has 1 aromatic heterocycles. The quantitative estimate of drug-likeness (QED) is 0.524. The lowest BCUT2D eigenvalue weighted by atomic mass is 9.82. The minimum atomic E-state index is -1.71. The minimum Gasteiger partial charge on any atom is -0.495 e. The number of hydrogen-bond acceptors (Lipinski definition) is 6. The van der Waals surface area contributed by atoms with E-state index >= 15 is 0 Å². The number of para-hydroxylation sites is 2. The van der Waals surface area contributed by atoms with Crippen LogP contribution in [0.3, 0.4) is 0 Å². The number of fused-ring (bicyclic) bond motifs is 1. The third-order valence-electron chi connectivity index (χ3n) is 5.41. The summed E-state index contributed by atoms with van der Waals surface area (Å²) in [7, 11) is 1.52. The molecule has 158 valence electrons. The van der Waals surface area contributed by atoms with Crippen molar-refractivity contribution in [2.45, 2.75) is 18.7 Å². The fourth-order valence-electron chi connectivity index (χ4n) is 3.89. The van der Waals surface area contributed by atoms with Gasteiger partial charge in [0.1, 0.15) is 29.1 Å². The summed E-state index contributed by atoms with van der Waals surface area (Å²) in [6.07, 6.45) is 1.37. The highest BCUT2D eigenvalue weighted by molar-refractivity contribution is 9.10. The van der Waals surface area contributed by atoms with Crippen molar-refractivity contribution in [2.24, 2.45) is 5.92 Å². The molecule has 1 aliphatic heterocycles. The topological polar surface area (TPSA) is 112 Å². The van der Waals surface area contributed by atoms with E-state index in [1.54, 1.807) is 24.3 Å². The van der Waals surface area contributed by atoms with Crippen LogP contribution >= 0.6 is 15.9 Å². The molecule has 2 heterocycles. The van der Waals surface area contributed by atoms with Crippen molar-refractivity contribution in [1.29, 1.82) is 5.26 Å². The molecular weight excluding hydrogens is 462 g/mol. The first-order valence-electron chi connectivity index (χ1n) is 9.53. The Morgan fingerprint density at radius 1 is 1.32 bits per heavy atom. The van der Waals surface area contributed by atoms with E-state index in [-0.39, 0.29) is 5.56 Å². The van der Waals surface area contributed by atoms with E-state index < -0.39 is 23.6 Å². The summed E-state index contributed by atoms with van der Waals surface area (Å²) >= 11 is 3.42. The highest BCUT2D eigenvalue weighted by atomic mass is 79.9. The van der Waals surface area contributed by atoms with Gasteiger partial charge < -0.3 is 20.5 Å². The van der Waals surface area contributed by atoms with Crippen LogP contribution in [0.1, 0.15) is 24.1 Å². The van der Waals surface area contributed by atoms with Gasteiger partial charge in [0, 0.05) is 4.47 Å². The zero-order valence-electron chi connectivity index (χ0n) is 16.8. The Labute approximate surface area is 187 Å². The molecule has 3 atom stereocenters. The first-order chi connectivity index (χ1) is 14.9. The van der Waals surface area contributed by atoms with Gasteiger partial charge in [-0.1, -0.05) is 40.2 Å². The maximum absolute atomic E-state index is 13.5. The molecule has 9 heteroatoms. The highest BCUT2D eigenvalue weighted by Gasteiger charge is 2.50. The molecule has 3 N–H and O–H groups in total. The minimum absolute atomic E-state index is 0.283. The van der Waals surface area contributed by atoms with Crippen molar-refractivity contribution in [3.8, 4) is 11.8 Å². The number of methoxy groups -OCH3 is 1. The van der Waals surface area contributed by atoms with Crippen LogP contribution in [-0.2, 0) is 10.5 Å². The summed E-state index contributed by atoms with van der Waals surface area (Å²) in [6, 6.07) is 15.9. The predicted octanol–water partition coefficient (Wildman–Crippen LogP) is 3.61. The number of nitriles is 1. The Hall–Kier alpha value is -3.35. The van der Waals surface area contributed by atoms with E-state index in [1.165, 1.54) is 24.9 Å². The Bertz CT molecular complexity index is 1170. The Balaban J connectivity index is 1.80. The summed E-state index contributed by atoms with van der Waals surface area (Å²) in [5.41, 5.74) is -0.158. The molecule has 0 bridgehead atoms. The molecule has 1 amide bonds. The molecule has 0 aliphatic carbocycles. The van der Waals surface area contributed by atoms with Crippen LogP contribution in [0.5, 0.6) is 5.75 Å². The number of ether oxygens (including phenoxy) is 1. The zero-order valence-corrected chi connectivity index (χ0v) is 18.4. The molecule has 1 aliphatic rings. The number of benzene rings is 2. The van der Waals surface area contributed by atoms with E-state index in [2.05, 4.69) is 37.7 Å². The number of amides is 1. The molecule has 2 aromatic carbocycles. The van der Waals surface area contributed by atoms with E-state index in [9.17, 15) is 15.2 Å². The molecule has 4 rings (SSSR count). The normalized spacial score (nSPS) is 22.0. The molecule has 0 saturated heterocycles. The fourth-order valence-corrected chi connectivity index (χ4v) is 4.16. The van der Waals surface area contributed by atoms with Crippen molar-refractivity contribution >= 4 is 33.3 Å². The third-order valence-corrected chi connectivity index (χ3v) is 5.94. The van der Waals surface area contributed by atoms with Gasteiger partial charge in [-0.05, 0) is 36.8 Å². The average Bonchev–Trinajstić information content (AvgIpc) is 3.18. The lowest BCUT2D eigenvalue weighted by Gasteiger charge is -2.43. The van der Waals surface area contributed by atoms with Crippen LogP contribution in [0.4, 0.5) is 11.5 Å². The number of rotatable bonds is 4. The maximum Gasteiger partial charge on any atom is 0.234 e. The van der Waals surface area contributed by atoms with Gasteiger partial charge in [0.15, 0.2) is 5.72 Å². The Morgan fingerprint density at radius 3 is 2.71 bits per heavy atom. The second kappa shape index (κ2) is 8.06. The van der Waals surface area contributed by atoms with Crippen molar-refractivity contribution in [3.63, 3.8) is 0 Å². The summed E-state index contributed by atoms with van der Waals surface area (Å²) < 4.78 is 7.50. The number of carbonyl (C=O) groups excluding carboxylic acids is 1. The number of aliphatic hydroxyl groups is 1. The first kappa shape index (κ1) is 20.9. The predicted molar refractivity (Wildman–Crippen MR) is 118 cm³/mol. The molecule has 3 unspecified atom stereocenters. The first-order valence-corrected chi connectivity index (χ1v) is 10.3. The maximum atomic E-state index is 13.5. The second-order valence-corrected chi connectivity index (χ2v) is 8.28. The lowest BCUT2D eigenvalue weighted by Crippen LogP contribution is -2.53. The molecule has 0 spiro atoms. The molecule has 31 heavy (non-hydrogen) atoms. The van der Waals surface area contributed by atoms with Crippen LogP contribution in [0.25, 0.3) is 0 Å². The van der Waals surface area contributed by atoms with Gasteiger partial charge in [-0.3, -0.25) is 4.79 Å². The summed E-state index contributed by atoms with van der Waals surface area (Å²) in [6.45, 7) is 1.52. The van der Waals surface area contributed by atoms with Crippen LogP contribution in [-0.4, -0.2) is 27.9 Å². The number of aromatic nitrogens is 2. The van der Waals surface area contributed by atoms with Gasteiger partial charge >= 0.3 is 0 Å². The molecule has 0 saturated carbocycles. The van der Waals surface area contributed by atoms with E-state index in [4.69, 9.17) is 4.74 Å². The average molecular weight is 482 g/mol. The van der Waals surface area contributed by atoms with Gasteiger partial charge in [0.25, 0.3) is 0 Å². The monoisotopic (exact) mass is 481 g/mol.